The van der Waals surface area contributed by atoms with Gasteiger partial charge in [-0.05, 0) is 29.0 Å². The molecule has 4 heteroatoms. The van der Waals surface area contributed by atoms with Crippen LogP contribution in [0.3, 0.4) is 0 Å². The summed E-state index contributed by atoms with van der Waals surface area (Å²) >= 11 is 1.66. The van der Waals surface area contributed by atoms with Gasteiger partial charge in [-0.3, -0.25) is 9.69 Å². The molecule has 3 rings (SSSR count). The number of nitrogens with zero attached hydrogens (tertiary/aromatic N) is 1. The Balaban J connectivity index is 1.88. The summed E-state index contributed by atoms with van der Waals surface area (Å²) in [4.78, 5) is 14.8. The minimum Gasteiger partial charge on any atom is -0.480 e. The molecule has 1 aliphatic heterocycles. The van der Waals surface area contributed by atoms with Crippen LogP contribution >= 0.6 is 11.3 Å². The zero-order chi connectivity index (χ0) is 13.2. The van der Waals surface area contributed by atoms with Gasteiger partial charge in [0.05, 0.1) is 0 Å². The number of carboxylic acid groups (broad SMARTS) is 1. The Kier molecular flexibility index (Phi) is 3.36. The second kappa shape index (κ2) is 5.15. The van der Waals surface area contributed by atoms with Gasteiger partial charge in [-0.25, -0.2) is 0 Å². The maximum atomic E-state index is 11.6. The van der Waals surface area contributed by atoms with Gasteiger partial charge in [-0.15, -0.1) is 11.3 Å². The van der Waals surface area contributed by atoms with E-state index in [4.69, 9.17) is 0 Å². The average molecular weight is 273 g/mol. The van der Waals surface area contributed by atoms with Crippen LogP contribution in [0, 0.1) is 0 Å². The molecule has 0 amide bonds. The summed E-state index contributed by atoms with van der Waals surface area (Å²) in [7, 11) is 0. The number of aliphatic carboxylic acids is 1. The summed E-state index contributed by atoms with van der Waals surface area (Å²) in [6.45, 7) is 1.49. The SMILES string of the molecule is O=C(O)C1c2ccsc2CCN1Cc1ccccc1. The molecule has 0 radical (unpaired) electrons. The monoisotopic (exact) mass is 273 g/mol. The number of carbonyl (C=O) groups is 1. The first-order chi connectivity index (χ1) is 9.25. The van der Waals surface area contributed by atoms with Crippen molar-refractivity contribution in [2.45, 2.75) is 19.0 Å². The van der Waals surface area contributed by atoms with E-state index in [-0.39, 0.29) is 0 Å². The molecule has 1 aromatic carbocycles. The lowest BCUT2D eigenvalue weighted by atomic mass is 9.99. The summed E-state index contributed by atoms with van der Waals surface area (Å²) in [5.74, 6) is -0.754. The van der Waals surface area contributed by atoms with E-state index < -0.39 is 12.0 Å². The van der Waals surface area contributed by atoms with Crippen molar-refractivity contribution < 1.29 is 9.90 Å². The van der Waals surface area contributed by atoms with Gasteiger partial charge in [0.2, 0.25) is 0 Å². The number of thiophene rings is 1. The molecule has 2 aromatic rings. The standard InChI is InChI=1S/C15H15NO2S/c17-15(18)14-12-7-9-19-13(12)6-8-16(14)10-11-4-2-1-3-5-11/h1-5,7,9,14H,6,8,10H2,(H,17,18). The van der Waals surface area contributed by atoms with E-state index >= 15 is 0 Å². The molecule has 1 aliphatic rings. The number of carboxylic acids is 1. The van der Waals surface area contributed by atoms with E-state index in [9.17, 15) is 9.90 Å². The van der Waals surface area contributed by atoms with E-state index in [1.807, 2.05) is 46.7 Å². The van der Waals surface area contributed by atoms with Gasteiger partial charge in [0.15, 0.2) is 0 Å². The largest absolute Gasteiger partial charge is 0.480 e. The van der Waals surface area contributed by atoms with Crippen molar-refractivity contribution in [2.75, 3.05) is 6.54 Å². The molecule has 1 unspecified atom stereocenters. The van der Waals surface area contributed by atoms with Crippen molar-refractivity contribution in [3.05, 3.63) is 57.8 Å². The molecular formula is C15H15NO2S. The number of hydrogen-bond donors (Lipinski definition) is 1. The Hall–Kier alpha value is -1.65. The van der Waals surface area contributed by atoms with Crippen LogP contribution < -0.4 is 0 Å². The van der Waals surface area contributed by atoms with Gasteiger partial charge in [-0.1, -0.05) is 30.3 Å². The highest BCUT2D eigenvalue weighted by Crippen LogP contribution is 2.34. The van der Waals surface area contributed by atoms with Crippen LogP contribution in [0.25, 0.3) is 0 Å². The van der Waals surface area contributed by atoms with Crippen LogP contribution in [0.15, 0.2) is 41.8 Å². The highest BCUT2D eigenvalue weighted by Gasteiger charge is 2.33. The van der Waals surface area contributed by atoms with Crippen LogP contribution in [0.5, 0.6) is 0 Å². The molecule has 0 bridgehead atoms. The Bertz CT molecular complexity index is 579. The van der Waals surface area contributed by atoms with Crippen LogP contribution in [0.1, 0.15) is 22.0 Å². The fourth-order valence-corrected chi connectivity index (χ4v) is 3.55. The molecular weight excluding hydrogens is 258 g/mol. The zero-order valence-electron chi connectivity index (χ0n) is 10.5. The summed E-state index contributed by atoms with van der Waals surface area (Å²) in [6, 6.07) is 11.5. The smallest absolute Gasteiger partial charge is 0.325 e. The van der Waals surface area contributed by atoms with Gasteiger partial charge in [0.1, 0.15) is 6.04 Å². The third-order valence-electron chi connectivity index (χ3n) is 3.53. The first kappa shape index (κ1) is 12.4. The van der Waals surface area contributed by atoms with Crippen LogP contribution in [0.2, 0.25) is 0 Å². The summed E-state index contributed by atoms with van der Waals surface area (Å²) < 4.78 is 0. The molecule has 2 heterocycles. The molecule has 1 atom stereocenters. The Labute approximate surface area is 116 Å². The second-order valence-corrected chi connectivity index (χ2v) is 5.75. The highest BCUT2D eigenvalue weighted by atomic mass is 32.1. The maximum absolute atomic E-state index is 11.6. The quantitative estimate of drug-likeness (QED) is 0.934. The minimum atomic E-state index is -0.754. The predicted octanol–water partition coefficient (Wildman–Crippen LogP) is 2.93. The van der Waals surface area contributed by atoms with Crippen LogP contribution in [-0.2, 0) is 17.8 Å². The molecule has 1 N–H and O–H groups in total. The van der Waals surface area contributed by atoms with Gasteiger partial charge < -0.3 is 5.11 Å². The molecule has 19 heavy (non-hydrogen) atoms. The van der Waals surface area contributed by atoms with E-state index in [0.29, 0.717) is 6.54 Å². The number of hydrogen-bond acceptors (Lipinski definition) is 3. The minimum absolute atomic E-state index is 0.504. The molecule has 0 saturated carbocycles. The lowest BCUT2D eigenvalue weighted by Gasteiger charge is -2.33. The third-order valence-corrected chi connectivity index (χ3v) is 4.52. The molecule has 0 spiro atoms. The fourth-order valence-electron chi connectivity index (χ4n) is 2.65. The average Bonchev–Trinajstić information content (AvgIpc) is 2.87. The van der Waals surface area contributed by atoms with Gasteiger partial charge >= 0.3 is 5.97 Å². The fraction of sp³-hybridized carbons (Fsp3) is 0.267. The van der Waals surface area contributed by atoms with Gasteiger partial charge in [0.25, 0.3) is 0 Å². The number of benzene rings is 1. The van der Waals surface area contributed by atoms with Crippen molar-refractivity contribution >= 4 is 17.3 Å². The van der Waals surface area contributed by atoms with E-state index in [2.05, 4.69) is 0 Å². The van der Waals surface area contributed by atoms with Crippen molar-refractivity contribution in [3.63, 3.8) is 0 Å². The van der Waals surface area contributed by atoms with Crippen LogP contribution in [0.4, 0.5) is 0 Å². The molecule has 1 aromatic heterocycles. The molecule has 0 fully saturated rings. The lowest BCUT2D eigenvalue weighted by molar-refractivity contribution is -0.144. The first-order valence-electron chi connectivity index (χ1n) is 6.33. The van der Waals surface area contributed by atoms with Crippen molar-refractivity contribution in [1.29, 1.82) is 0 Å². The van der Waals surface area contributed by atoms with Crippen molar-refractivity contribution in [3.8, 4) is 0 Å². The predicted molar refractivity (Wildman–Crippen MR) is 75.3 cm³/mol. The summed E-state index contributed by atoms with van der Waals surface area (Å²) in [5, 5.41) is 11.5. The Morgan fingerprint density at radius 1 is 1.32 bits per heavy atom. The maximum Gasteiger partial charge on any atom is 0.325 e. The van der Waals surface area contributed by atoms with Crippen LogP contribution in [-0.4, -0.2) is 22.5 Å². The topological polar surface area (TPSA) is 40.5 Å². The first-order valence-corrected chi connectivity index (χ1v) is 7.21. The molecule has 0 aliphatic carbocycles. The van der Waals surface area contributed by atoms with E-state index in [0.717, 1.165) is 24.1 Å². The van der Waals surface area contributed by atoms with Gasteiger partial charge in [0, 0.05) is 18.0 Å². The number of rotatable bonds is 3. The Morgan fingerprint density at radius 2 is 2.11 bits per heavy atom. The Morgan fingerprint density at radius 3 is 2.84 bits per heavy atom. The summed E-state index contributed by atoms with van der Waals surface area (Å²) in [6.07, 6.45) is 0.948. The van der Waals surface area contributed by atoms with Crippen molar-refractivity contribution in [1.82, 2.24) is 4.90 Å². The van der Waals surface area contributed by atoms with E-state index in [1.54, 1.807) is 11.3 Å². The lowest BCUT2D eigenvalue weighted by Crippen LogP contribution is -2.38. The van der Waals surface area contributed by atoms with E-state index in [1.165, 1.54) is 4.88 Å². The summed E-state index contributed by atoms with van der Waals surface area (Å²) in [5.41, 5.74) is 2.13. The normalized spacial score (nSPS) is 19.1. The third kappa shape index (κ3) is 2.41. The zero-order valence-corrected chi connectivity index (χ0v) is 11.3. The molecule has 0 saturated heterocycles. The number of fused-ring (bicyclic) bond motifs is 1. The molecule has 98 valence electrons. The van der Waals surface area contributed by atoms with Crippen molar-refractivity contribution in [2.24, 2.45) is 0 Å². The van der Waals surface area contributed by atoms with Gasteiger partial charge in [-0.2, -0.15) is 0 Å². The molecule has 3 nitrogen and oxygen atoms in total. The second-order valence-electron chi connectivity index (χ2n) is 4.75. The highest BCUT2D eigenvalue weighted by molar-refractivity contribution is 7.10.